The Morgan fingerprint density at radius 3 is 2.52 bits per heavy atom. The SMILES string of the molecule is Cc1sc(C(C)(C)NC(=O)CCCC(=O)N(C)C)nc1-c1ccccc1F. The molecule has 0 atom stereocenters. The van der Waals surface area contributed by atoms with Gasteiger partial charge in [-0.3, -0.25) is 9.59 Å². The van der Waals surface area contributed by atoms with E-state index in [-0.39, 0.29) is 24.1 Å². The molecule has 0 radical (unpaired) electrons. The average Bonchev–Trinajstić information content (AvgIpc) is 2.97. The molecule has 1 aromatic heterocycles. The van der Waals surface area contributed by atoms with Crippen molar-refractivity contribution >= 4 is 23.2 Å². The van der Waals surface area contributed by atoms with Crippen LogP contribution in [0.4, 0.5) is 4.39 Å². The first-order valence-corrected chi connectivity index (χ1v) is 9.67. The fraction of sp³-hybridized carbons (Fsp3) is 0.450. The van der Waals surface area contributed by atoms with Gasteiger partial charge in [-0.2, -0.15) is 0 Å². The Morgan fingerprint density at radius 1 is 1.22 bits per heavy atom. The zero-order valence-electron chi connectivity index (χ0n) is 16.4. The van der Waals surface area contributed by atoms with Crippen molar-refractivity contribution in [2.24, 2.45) is 0 Å². The largest absolute Gasteiger partial charge is 0.349 e. The Balaban J connectivity index is 2.06. The maximum atomic E-state index is 14.1. The molecule has 1 aromatic carbocycles. The number of aromatic nitrogens is 1. The Hall–Kier alpha value is -2.28. The number of thiazole rings is 1. The molecular weight excluding hydrogens is 365 g/mol. The molecule has 1 N–H and O–H groups in total. The Bertz CT molecular complexity index is 830. The van der Waals surface area contributed by atoms with Crippen LogP contribution in [0.1, 0.15) is 43.0 Å². The molecule has 0 spiro atoms. The minimum Gasteiger partial charge on any atom is -0.349 e. The predicted octanol–water partition coefficient (Wildman–Crippen LogP) is 3.87. The number of hydrogen-bond acceptors (Lipinski definition) is 4. The number of aryl methyl sites for hydroxylation is 1. The molecule has 5 nitrogen and oxygen atoms in total. The monoisotopic (exact) mass is 391 g/mol. The van der Waals surface area contributed by atoms with Crippen LogP contribution in [0.25, 0.3) is 11.3 Å². The number of nitrogens with zero attached hydrogens (tertiary/aromatic N) is 2. The Kier molecular flexibility index (Phi) is 6.70. The van der Waals surface area contributed by atoms with Crippen molar-refractivity contribution in [3.05, 3.63) is 40.0 Å². The normalized spacial score (nSPS) is 11.3. The number of carbonyl (C=O) groups is 2. The van der Waals surface area contributed by atoms with E-state index in [2.05, 4.69) is 10.3 Å². The fourth-order valence-corrected chi connectivity index (χ4v) is 3.64. The van der Waals surface area contributed by atoms with Gasteiger partial charge in [0.2, 0.25) is 11.8 Å². The van der Waals surface area contributed by atoms with E-state index in [0.29, 0.717) is 24.1 Å². The summed E-state index contributed by atoms with van der Waals surface area (Å²) in [6.45, 7) is 5.65. The van der Waals surface area contributed by atoms with Crippen molar-refractivity contribution in [3.8, 4) is 11.3 Å². The Morgan fingerprint density at radius 2 is 1.89 bits per heavy atom. The second-order valence-electron chi connectivity index (χ2n) is 7.22. The van der Waals surface area contributed by atoms with Crippen molar-refractivity contribution in [2.45, 2.75) is 45.6 Å². The number of rotatable bonds is 7. The minimum atomic E-state index is -0.679. The lowest BCUT2D eigenvalue weighted by Crippen LogP contribution is -2.40. The van der Waals surface area contributed by atoms with Gasteiger partial charge in [0.25, 0.3) is 0 Å². The summed E-state index contributed by atoms with van der Waals surface area (Å²) in [7, 11) is 3.40. The van der Waals surface area contributed by atoms with Crippen LogP contribution in [0.2, 0.25) is 0 Å². The molecule has 146 valence electrons. The number of amides is 2. The van der Waals surface area contributed by atoms with E-state index in [4.69, 9.17) is 0 Å². The lowest BCUT2D eigenvalue weighted by Gasteiger charge is -2.24. The number of hydrogen-bond donors (Lipinski definition) is 1. The highest BCUT2D eigenvalue weighted by atomic mass is 32.1. The van der Waals surface area contributed by atoms with Crippen LogP contribution < -0.4 is 5.32 Å². The zero-order chi connectivity index (χ0) is 20.2. The first-order chi connectivity index (χ1) is 12.6. The van der Waals surface area contributed by atoms with Gasteiger partial charge in [0.15, 0.2) is 0 Å². The van der Waals surface area contributed by atoms with E-state index in [1.165, 1.54) is 22.3 Å². The van der Waals surface area contributed by atoms with Crippen molar-refractivity contribution in [2.75, 3.05) is 14.1 Å². The molecule has 1 heterocycles. The van der Waals surface area contributed by atoms with Gasteiger partial charge in [-0.25, -0.2) is 9.37 Å². The van der Waals surface area contributed by atoms with Crippen LogP contribution in [-0.4, -0.2) is 35.8 Å². The van der Waals surface area contributed by atoms with E-state index in [1.54, 1.807) is 32.3 Å². The van der Waals surface area contributed by atoms with Gasteiger partial charge in [-0.15, -0.1) is 11.3 Å². The molecule has 0 bridgehead atoms. The number of halogens is 1. The molecule has 0 aliphatic rings. The molecule has 2 amide bonds. The van der Waals surface area contributed by atoms with Gasteiger partial charge >= 0.3 is 0 Å². The van der Waals surface area contributed by atoms with Gasteiger partial charge in [-0.1, -0.05) is 12.1 Å². The second-order valence-corrected chi connectivity index (χ2v) is 8.42. The molecule has 2 aromatic rings. The standard InChI is InChI=1S/C20H26FN3O2S/c1-13-18(14-9-6-7-10-15(14)21)22-19(27-13)20(2,3)23-16(25)11-8-12-17(26)24(4)5/h6-7,9-10H,8,11-12H2,1-5H3,(H,23,25). The molecule has 0 aliphatic carbocycles. The van der Waals surface area contributed by atoms with Gasteiger partial charge in [0, 0.05) is 37.4 Å². The van der Waals surface area contributed by atoms with Gasteiger partial charge in [0.05, 0.1) is 11.2 Å². The summed E-state index contributed by atoms with van der Waals surface area (Å²) in [6.07, 6.45) is 1.11. The summed E-state index contributed by atoms with van der Waals surface area (Å²) in [6, 6.07) is 6.54. The molecule has 0 saturated heterocycles. The van der Waals surface area contributed by atoms with Crippen LogP contribution in [0.3, 0.4) is 0 Å². The number of benzene rings is 1. The highest BCUT2D eigenvalue weighted by molar-refractivity contribution is 7.12. The molecule has 0 saturated carbocycles. The molecule has 0 unspecified atom stereocenters. The minimum absolute atomic E-state index is 0.00661. The molecule has 0 aliphatic heterocycles. The third-order valence-electron chi connectivity index (χ3n) is 4.21. The summed E-state index contributed by atoms with van der Waals surface area (Å²) in [4.78, 5) is 30.9. The topological polar surface area (TPSA) is 62.3 Å². The third-order valence-corrected chi connectivity index (χ3v) is 5.50. The van der Waals surface area contributed by atoms with Crippen LogP contribution >= 0.6 is 11.3 Å². The van der Waals surface area contributed by atoms with Crippen LogP contribution in [0.15, 0.2) is 24.3 Å². The summed E-state index contributed by atoms with van der Waals surface area (Å²) >= 11 is 1.45. The average molecular weight is 392 g/mol. The summed E-state index contributed by atoms with van der Waals surface area (Å²) < 4.78 is 14.1. The van der Waals surface area contributed by atoms with Crippen LogP contribution in [-0.2, 0) is 15.1 Å². The Labute approximate surface area is 163 Å². The third kappa shape index (κ3) is 5.35. The van der Waals surface area contributed by atoms with Crippen molar-refractivity contribution < 1.29 is 14.0 Å². The van der Waals surface area contributed by atoms with Crippen LogP contribution in [0, 0.1) is 12.7 Å². The van der Waals surface area contributed by atoms with E-state index in [0.717, 1.165) is 9.88 Å². The molecule has 0 fully saturated rings. The summed E-state index contributed by atoms with van der Waals surface area (Å²) in [5, 5.41) is 3.69. The number of nitrogens with one attached hydrogen (secondary N) is 1. The summed E-state index contributed by atoms with van der Waals surface area (Å²) in [5.41, 5.74) is 0.385. The smallest absolute Gasteiger partial charge is 0.222 e. The predicted molar refractivity (Wildman–Crippen MR) is 106 cm³/mol. The van der Waals surface area contributed by atoms with E-state index >= 15 is 0 Å². The summed E-state index contributed by atoms with van der Waals surface area (Å²) in [5.74, 6) is -0.441. The van der Waals surface area contributed by atoms with E-state index < -0.39 is 5.54 Å². The molecule has 2 rings (SSSR count). The van der Waals surface area contributed by atoms with Gasteiger partial charge < -0.3 is 10.2 Å². The van der Waals surface area contributed by atoms with E-state index in [1.807, 2.05) is 20.8 Å². The second kappa shape index (κ2) is 8.61. The van der Waals surface area contributed by atoms with Crippen LogP contribution in [0.5, 0.6) is 0 Å². The zero-order valence-corrected chi connectivity index (χ0v) is 17.2. The lowest BCUT2D eigenvalue weighted by molar-refractivity contribution is -0.129. The molecule has 27 heavy (non-hydrogen) atoms. The highest BCUT2D eigenvalue weighted by Gasteiger charge is 2.28. The van der Waals surface area contributed by atoms with Crippen molar-refractivity contribution in [1.82, 2.24) is 15.2 Å². The first-order valence-electron chi connectivity index (χ1n) is 8.86. The van der Waals surface area contributed by atoms with E-state index in [9.17, 15) is 14.0 Å². The van der Waals surface area contributed by atoms with Gasteiger partial charge in [0.1, 0.15) is 10.8 Å². The maximum Gasteiger partial charge on any atom is 0.222 e. The quantitative estimate of drug-likeness (QED) is 0.779. The number of carbonyl (C=O) groups excluding carboxylic acids is 2. The van der Waals surface area contributed by atoms with Crippen molar-refractivity contribution in [3.63, 3.8) is 0 Å². The van der Waals surface area contributed by atoms with Gasteiger partial charge in [-0.05, 0) is 39.3 Å². The first kappa shape index (κ1) is 21.0. The van der Waals surface area contributed by atoms with Crippen molar-refractivity contribution in [1.29, 1.82) is 0 Å². The highest BCUT2D eigenvalue weighted by Crippen LogP contribution is 2.34. The molecule has 7 heteroatoms. The lowest BCUT2D eigenvalue weighted by atomic mass is 10.1. The fourth-order valence-electron chi connectivity index (χ4n) is 2.66. The maximum absolute atomic E-state index is 14.1. The molecular formula is C20H26FN3O2S.